The SMILES string of the molecule is C=CCn1c(=S)n(C2OC(COC(C)=O)[C@@H](OC(C)=O)[C@H]2OC(C)=O)c2nc(NC(C)=O)[nH]c(=O)c21. The highest BCUT2D eigenvalue weighted by Gasteiger charge is 2.51. The summed E-state index contributed by atoms with van der Waals surface area (Å²) in [6, 6.07) is 0. The third-order valence-electron chi connectivity index (χ3n) is 5.01. The highest BCUT2D eigenvalue weighted by atomic mass is 32.1. The summed E-state index contributed by atoms with van der Waals surface area (Å²) in [7, 11) is 0. The van der Waals surface area contributed by atoms with Crippen LogP contribution in [-0.4, -0.2) is 67.8 Å². The van der Waals surface area contributed by atoms with Crippen molar-refractivity contribution >= 4 is 53.1 Å². The van der Waals surface area contributed by atoms with E-state index in [9.17, 15) is 24.0 Å². The molecule has 2 unspecified atom stereocenters. The maximum Gasteiger partial charge on any atom is 0.303 e. The molecule has 15 heteroatoms. The summed E-state index contributed by atoms with van der Waals surface area (Å²) in [5.74, 6) is -2.67. The summed E-state index contributed by atoms with van der Waals surface area (Å²) in [6.45, 7) is 8.20. The van der Waals surface area contributed by atoms with Crippen molar-refractivity contribution in [3.05, 3.63) is 27.8 Å². The van der Waals surface area contributed by atoms with Gasteiger partial charge in [-0.15, -0.1) is 6.58 Å². The summed E-state index contributed by atoms with van der Waals surface area (Å²) in [4.78, 5) is 66.6. The number of H-pyrrole nitrogens is 1. The molecule has 0 bridgehead atoms. The van der Waals surface area contributed by atoms with Crippen LogP contribution in [0.4, 0.5) is 5.95 Å². The van der Waals surface area contributed by atoms with Gasteiger partial charge in [0.25, 0.3) is 5.56 Å². The highest BCUT2D eigenvalue weighted by molar-refractivity contribution is 7.71. The number of fused-ring (bicyclic) bond motifs is 1. The summed E-state index contributed by atoms with van der Waals surface area (Å²) in [5, 5.41) is 2.40. The minimum absolute atomic E-state index is 0.00814. The van der Waals surface area contributed by atoms with E-state index in [1.807, 2.05) is 0 Å². The molecule has 194 valence electrons. The summed E-state index contributed by atoms with van der Waals surface area (Å²) in [5.41, 5.74) is -0.594. The van der Waals surface area contributed by atoms with Gasteiger partial charge in [0.1, 0.15) is 12.7 Å². The van der Waals surface area contributed by atoms with Crippen molar-refractivity contribution in [1.82, 2.24) is 19.1 Å². The van der Waals surface area contributed by atoms with Crippen LogP contribution in [0, 0.1) is 4.77 Å². The normalized spacial score (nSPS) is 21.1. The molecular weight excluding hydrogens is 498 g/mol. The Bertz CT molecular complexity index is 1340. The van der Waals surface area contributed by atoms with Gasteiger partial charge in [-0.25, -0.2) is 0 Å². The molecule has 3 heterocycles. The molecule has 14 nitrogen and oxygen atoms in total. The number of esters is 3. The lowest BCUT2D eigenvalue weighted by molar-refractivity contribution is -0.166. The first-order valence-corrected chi connectivity index (χ1v) is 11.1. The molecule has 1 aliphatic rings. The van der Waals surface area contributed by atoms with Gasteiger partial charge in [-0.1, -0.05) is 6.08 Å². The van der Waals surface area contributed by atoms with Gasteiger partial charge in [-0.2, -0.15) is 4.98 Å². The first-order chi connectivity index (χ1) is 16.9. The van der Waals surface area contributed by atoms with Crippen LogP contribution < -0.4 is 10.9 Å². The molecule has 2 aromatic rings. The van der Waals surface area contributed by atoms with Crippen LogP contribution >= 0.6 is 12.2 Å². The third-order valence-corrected chi connectivity index (χ3v) is 5.43. The molecule has 0 aliphatic carbocycles. The Labute approximate surface area is 209 Å². The van der Waals surface area contributed by atoms with Crippen LogP contribution in [-0.2, 0) is 44.7 Å². The zero-order valence-corrected chi connectivity index (χ0v) is 20.7. The molecular formula is C21H25N5O9S. The van der Waals surface area contributed by atoms with Crippen LogP contribution in [0.2, 0.25) is 0 Å². The van der Waals surface area contributed by atoms with E-state index in [0.29, 0.717) is 0 Å². The molecule has 0 radical (unpaired) electrons. The number of anilines is 1. The zero-order valence-electron chi connectivity index (χ0n) is 19.9. The van der Waals surface area contributed by atoms with Gasteiger partial charge in [0.2, 0.25) is 11.9 Å². The molecule has 1 saturated heterocycles. The minimum atomic E-state index is -1.26. The average molecular weight is 524 g/mol. The number of nitrogens with one attached hydrogen (secondary N) is 2. The summed E-state index contributed by atoms with van der Waals surface area (Å²) in [6.07, 6.45) is -3.24. The van der Waals surface area contributed by atoms with Crippen molar-refractivity contribution in [1.29, 1.82) is 0 Å². The van der Waals surface area contributed by atoms with Crippen molar-refractivity contribution in [2.24, 2.45) is 0 Å². The second-order valence-electron chi connectivity index (χ2n) is 7.84. The Morgan fingerprint density at radius 1 is 1.14 bits per heavy atom. The van der Waals surface area contributed by atoms with E-state index in [4.69, 9.17) is 31.2 Å². The van der Waals surface area contributed by atoms with E-state index in [-0.39, 0.29) is 35.0 Å². The maximum absolute atomic E-state index is 13.0. The van der Waals surface area contributed by atoms with Gasteiger partial charge in [0, 0.05) is 34.2 Å². The van der Waals surface area contributed by atoms with Crippen LogP contribution in [0.25, 0.3) is 11.2 Å². The van der Waals surface area contributed by atoms with Crippen molar-refractivity contribution in [2.45, 2.75) is 58.8 Å². The van der Waals surface area contributed by atoms with Crippen molar-refractivity contribution in [3.8, 4) is 0 Å². The third kappa shape index (κ3) is 5.52. The quantitative estimate of drug-likeness (QED) is 0.216. The van der Waals surface area contributed by atoms with Gasteiger partial charge in [0.05, 0.1) is 0 Å². The van der Waals surface area contributed by atoms with Crippen molar-refractivity contribution < 1.29 is 38.1 Å². The average Bonchev–Trinajstić information content (AvgIpc) is 3.20. The molecule has 0 saturated carbocycles. The predicted octanol–water partition coefficient (Wildman–Crippen LogP) is 0.724. The van der Waals surface area contributed by atoms with Gasteiger partial charge in [-0.05, 0) is 12.2 Å². The Balaban J connectivity index is 2.26. The molecule has 2 aromatic heterocycles. The van der Waals surface area contributed by atoms with E-state index >= 15 is 0 Å². The van der Waals surface area contributed by atoms with Gasteiger partial charge in [0.15, 0.2) is 34.4 Å². The second-order valence-corrected chi connectivity index (χ2v) is 8.20. The smallest absolute Gasteiger partial charge is 0.303 e. The lowest BCUT2D eigenvalue weighted by Crippen LogP contribution is -2.40. The number of ether oxygens (including phenoxy) is 4. The second kappa shape index (κ2) is 10.8. The minimum Gasteiger partial charge on any atom is -0.463 e. The number of allylic oxidation sites excluding steroid dienone is 1. The number of rotatable bonds is 8. The lowest BCUT2D eigenvalue weighted by atomic mass is 10.1. The van der Waals surface area contributed by atoms with Gasteiger partial charge >= 0.3 is 17.9 Å². The fourth-order valence-electron chi connectivity index (χ4n) is 3.84. The molecule has 1 fully saturated rings. The van der Waals surface area contributed by atoms with Crippen LogP contribution in [0.3, 0.4) is 0 Å². The molecule has 2 N–H and O–H groups in total. The van der Waals surface area contributed by atoms with E-state index in [0.717, 1.165) is 13.8 Å². The molecule has 1 amide bonds. The number of hydrogen-bond donors (Lipinski definition) is 2. The molecule has 0 spiro atoms. The molecule has 36 heavy (non-hydrogen) atoms. The first-order valence-electron chi connectivity index (χ1n) is 10.7. The lowest BCUT2D eigenvalue weighted by Gasteiger charge is -2.23. The molecule has 3 rings (SSSR count). The van der Waals surface area contributed by atoms with Crippen molar-refractivity contribution in [2.75, 3.05) is 11.9 Å². The van der Waals surface area contributed by atoms with Crippen LogP contribution in [0.1, 0.15) is 33.9 Å². The van der Waals surface area contributed by atoms with Crippen LogP contribution in [0.5, 0.6) is 0 Å². The van der Waals surface area contributed by atoms with E-state index < -0.39 is 53.9 Å². The Kier molecular flexibility index (Phi) is 8.04. The number of aromatic nitrogens is 4. The summed E-state index contributed by atoms with van der Waals surface area (Å²) < 4.78 is 24.7. The first kappa shape index (κ1) is 26.7. The molecule has 0 aromatic carbocycles. The standard InChI is InChI=1S/C21H25N5O9S/c1-6-7-25-14-17(23-20(22-9(2)27)24-18(14)31)26(21(25)36)19-16(34-12(5)30)15(33-11(4)29)13(35-19)8-32-10(3)28/h6,13,15-16,19H,1,7-8H2,2-5H3,(H2,22,23,24,27,31)/t13?,15-,16-,19?/m1/s1. The number of amides is 1. The molecule has 4 atom stereocenters. The Morgan fingerprint density at radius 3 is 2.33 bits per heavy atom. The van der Waals surface area contributed by atoms with Crippen LogP contribution in [0.15, 0.2) is 17.4 Å². The van der Waals surface area contributed by atoms with Gasteiger partial charge in [-0.3, -0.25) is 38.8 Å². The van der Waals surface area contributed by atoms with Crippen molar-refractivity contribution in [3.63, 3.8) is 0 Å². The monoisotopic (exact) mass is 523 g/mol. The zero-order chi connectivity index (χ0) is 26.7. The number of aromatic amines is 1. The number of nitrogens with zero attached hydrogens (tertiary/aromatic N) is 3. The number of hydrogen-bond acceptors (Lipinski definition) is 11. The summed E-state index contributed by atoms with van der Waals surface area (Å²) >= 11 is 5.61. The van der Waals surface area contributed by atoms with E-state index in [1.54, 1.807) is 0 Å². The fraction of sp³-hybridized carbons (Fsp3) is 0.476. The molecule has 1 aliphatic heterocycles. The largest absolute Gasteiger partial charge is 0.463 e. The number of imidazole rings is 1. The fourth-order valence-corrected chi connectivity index (χ4v) is 4.19. The van der Waals surface area contributed by atoms with Gasteiger partial charge < -0.3 is 23.5 Å². The Hall–Kier alpha value is -3.85. The highest BCUT2D eigenvalue weighted by Crippen LogP contribution is 2.36. The Morgan fingerprint density at radius 2 is 1.78 bits per heavy atom. The number of carbonyl (C=O) groups excluding carboxylic acids is 4. The predicted molar refractivity (Wildman–Crippen MR) is 125 cm³/mol. The topological polar surface area (TPSA) is 173 Å². The van der Waals surface area contributed by atoms with E-state index in [1.165, 1.54) is 29.1 Å². The number of carbonyl (C=O) groups is 4. The van der Waals surface area contributed by atoms with E-state index in [2.05, 4.69) is 21.9 Å². The maximum atomic E-state index is 13.0.